The summed E-state index contributed by atoms with van der Waals surface area (Å²) in [7, 11) is 0. The van der Waals surface area contributed by atoms with Crippen LogP contribution in [0.1, 0.15) is 57.7 Å². The largest absolute Gasteiger partial charge is 0.444 e. The Bertz CT molecular complexity index is 1110. The van der Waals surface area contributed by atoms with Gasteiger partial charge >= 0.3 is 6.09 Å². The zero-order chi connectivity index (χ0) is 27.0. The van der Waals surface area contributed by atoms with Crippen molar-refractivity contribution < 1.29 is 23.9 Å². The first kappa shape index (κ1) is 27.7. The summed E-state index contributed by atoms with van der Waals surface area (Å²) in [6.07, 6.45) is -0.288. The Labute approximate surface area is 217 Å². The molecule has 1 saturated heterocycles. The first-order valence-corrected chi connectivity index (χ1v) is 12.5. The van der Waals surface area contributed by atoms with Crippen LogP contribution in [0, 0.1) is 5.92 Å². The molecule has 0 spiro atoms. The zero-order valence-electron chi connectivity index (χ0n) is 21.9. The maximum Gasteiger partial charge on any atom is 0.407 e. The fourth-order valence-corrected chi connectivity index (χ4v) is 4.10. The van der Waals surface area contributed by atoms with E-state index < -0.39 is 17.6 Å². The summed E-state index contributed by atoms with van der Waals surface area (Å²) < 4.78 is 5.14. The number of amides is 4. The summed E-state index contributed by atoms with van der Waals surface area (Å²) in [5.74, 6) is -0.852. The smallest absolute Gasteiger partial charge is 0.407 e. The molecule has 3 N–H and O–H groups in total. The molecular weight excluding hydrogens is 472 g/mol. The topological polar surface area (TPSA) is 117 Å². The maximum atomic E-state index is 12.8. The highest BCUT2D eigenvalue weighted by Gasteiger charge is 2.36. The fraction of sp³-hybridized carbons (Fsp3) is 0.429. The van der Waals surface area contributed by atoms with E-state index in [1.807, 2.05) is 43.3 Å². The molecule has 2 aromatic rings. The Morgan fingerprint density at radius 2 is 1.78 bits per heavy atom. The molecule has 0 aromatic heterocycles. The highest BCUT2D eigenvalue weighted by molar-refractivity contribution is 5.91. The summed E-state index contributed by atoms with van der Waals surface area (Å²) >= 11 is 0. The lowest BCUT2D eigenvalue weighted by molar-refractivity contribution is -0.130. The van der Waals surface area contributed by atoms with E-state index in [2.05, 4.69) is 16.0 Å². The van der Waals surface area contributed by atoms with Gasteiger partial charge in [0, 0.05) is 38.2 Å². The second-order valence-electron chi connectivity index (χ2n) is 10.2. The number of benzene rings is 2. The molecule has 1 fully saturated rings. The molecule has 3 rings (SSSR count). The molecule has 9 heteroatoms. The number of hydrogen-bond donors (Lipinski definition) is 3. The van der Waals surface area contributed by atoms with Crippen LogP contribution >= 0.6 is 0 Å². The third-order valence-electron chi connectivity index (χ3n) is 5.98. The van der Waals surface area contributed by atoms with Gasteiger partial charge < -0.3 is 25.6 Å². The van der Waals surface area contributed by atoms with Crippen LogP contribution in [-0.2, 0) is 25.7 Å². The predicted molar refractivity (Wildman–Crippen MR) is 140 cm³/mol. The van der Waals surface area contributed by atoms with Gasteiger partial charge in [0.2, 0.25) is 17.7 Å². The van der Waals surface area contributed by atoms with Gasteiger partial charge in [-0.25, -0.2) is 4.79 Å². The SMILES string of the molecule is CC(c1ccccc1)N1CC(C(=O)NCc2cccc(NC(=O)CCNC(=O)OC(C)(C)C)c2)CC1=O. The van der Waals surface area contributed by atoms with Gasteiger partial charge in [0.25, 0.3) is 0 Å². The normalized spacial score (nSPS) is 16.2. The highest BCUT2D eigenvalue weighted by atomic mass is 16.6. The number of nitrogens with one attached hydrogen (secondary N) is 3. The van der Waals surface area contributed by atoms with Gasteiger partial charge in [0.1, 0.15) is 5.60 Å². The zero-order valence-corrected chi connectivity index (χ0v) is 21.9. The minimum Gasteiger partial charge on any atom is -0.444 e. The Morgan fingerprint density at radius 3 is 2.49 bits per heavy atom. The average Bonchev–Trinajstić information content (AvgIpc) is 3.23. The minimum absolute atomic E-state index is 0.0256. The quantitative estimate of drug-likeness (QED) is 0.477. The molecule has 37 heavy (non-hydrogen) atoms. The Morgan fingerprint density at radius 1 is 1.05 bits per heavy atom. The third-order valence-corrected chi connectivity index (χ3v) is 5.98. The standard InChI is InChI=1S/C28H36N4O5/c1-19(21-10-6-5-7-11-21)32-18-22(16-25(32)34)26(35)30-17-20-9-8-12-23(15-20)31-24(33)13-14-29-27(36)37-28(2,3)4/h5-12,15,19,22H,13-14,16-18H2,1-4H3,(H,29,36)(H,30,35)(H,31,33). The van der Waals surface area contributed by atoms with Crippen LogP contribution < -0.4 is 16.0 Å². The van der Waals surface area contributed by atoms with Crippen molar-refractivity contribution >= 4 is 29.5 Å². The molecule has 1 aliphatic heterocycles. The van der Waals surface area contributed by atoms with E-state index in [0.29, 0.717) is 12.2 Å². The molecule has 1 heterocycles. The highest BCUT2D eigenvalue weighted by Crippen LogP contribution is 2.28. The first-order valence-electron chi connectivity index (χ1n) is 12.5. The average molecular weight is 509 g/mol. The van der Waals surface area contributed by atoms with Crippen molar-refractivity contribution in [3.8, 4) is 0 Å². The second-order valence-corrected chi connectivity index (χ2v) is 10.2. The van der Waals surface area contributed by atoms with Crippen LogP contribution in [0.2, 0.25) is 0 Å². The van der Waals surface area contributed by atoms with E-state index >= 15 is 0 Å². The van der Waals surface area contributed by atoms with Gasteiger partial charge in [-0.15, -0.1) is 0 Å². The number of carbonyl (C=O) groups excluding carboxylic acids is 4. The lowest BCUT2D eigenvalue weighted by atomic mass is 10.1. The van der Waals surface area contributed by atoms with Crippen LogP contribution in [0.15, 0.2) is 54.6 Å². The lowest BCUT2D eigenvalue weighted by Gasteiger charge is -2.25. The van der Waals surface area contributed by atoms with Crippen LogP contribution in [0.4, 0.5) is 10.5 Å². The molecule has 0 aliphatic carbocycles. The van der Waals surface area contributed by atoms with Gasteiger partial charge in [-0.2, -0.15) is 0 Å². The van der Waals surface area contributed by atoms with Crippen molar-refractivity contribution in [3.63, 3.8) is 0 Å². The Balaban J connectivity index is 1.44. The minimum atomic E-state index is -0.602. The van der Waals surface area contributed by atoms with Crippen LogP contribution in [0.25, 0.3) is 0 Å². The number of alkyl carbamates (subject to hydrolysis) is 1. The van der Waals surface area contributed by atoms with Gasteiger partial charge in [-0.1, -0.05) is 42.5 Å². The summed E-state index contributed by atoms with van der Waals surface area (Å²) in [4.78, 5) is 51.0. The first-order chi connectivity index (χ1) is 17.5. The summed E-state index contributed by atoms with van der Waals surface area (Å²) in [5, 5.41) is 8.26. The predicted octanol–water partition coefficient (Wildman–Crippen LogP) is 3.77. The van der Waals surface area contributed by atoms with Crippen molar-refractivity contribution in [2.24, 2.45) is 5.92 Å². The van der Waals surface area contributed by atoms with E-state index in [9.17, 15) is 19.2 Å². The number of rotatable bonds is 9. The van der Waals surface area contributed by atoms with Gasteiger partial charge in [0.05, 0.1) is 12.0 Å². The van der Waals surface area contributed by atoms with E-state index in [-0.39, 0.29) is 49.7 Å². The summed E-state index contributed by atoms with van der Waals surface area (Å²) in [6, 6.07) is 16.9. The van der Waals surface area contributed by atoms with Crippen LogP contribution in [-0.4, -0.2) is 47.4 Å². The number of ether oxygens (including phenoxy) is 1. The van der Waals surface area contributed by atoms with E-state index in [0.717, 1.165) is 11.1 Å². The molecule has 4 amide bonds. The van der Waals surface area contributed by atoms with Crippen molar-refractivity contribution in [2.75, 3.05) is 18.4 Å². The van der Waals surface area contributed by atoms with E-state index in [1.165, 1.54) is 0 Å². The monoisotopic (exact) mass is 508 g/mol. The van der Waals surface area contributed by atoms with Crippen LogP contribution in [0.5, 0.6) is 0 Å². The van der Waals surface area contributed by atoms with Gasteiger partial charge in [-0.3, -0.25) is 14.4 Å². The molecule has 2 atom stereocenters. The molecular formula is C28H36N4O5. The Kier molecular flexibility index (Phi) is 9.27. The number of anilines is 1. The van der Waals surface area contributed by atoms with Crippen molar-refractivity contribution in [3.05, 3.63) is 65.7 Å². The number of carbonyl (C=O) groups is 4. The molecule has 2 unspecified atom stereocenters. The molecule has 2 aromatic carbocycles. The molecule has 198 valence electrons. The molecule has 0 bridgehead atoms. The van der Waals surface area contributed by atoms with Crippen molar-refractivity contribution in [2.45, 2.75) is 58.7 Å². The number of hydrogen-bond acceptors (Lipinski definition) is 5. The molecule has 9 nitrogen and oxygen atoms in total. The number of nitrogens with zero attached hydrogens (tertiary/aromatic N) is 1. The van der Waals surface area contributed by atoms with E-state index in [4.69, 9.17) is 4.74 Å². The van der Waals surface area contributed by atoms with Crippen LogP contribution in [0.3, 0.4) is 0 Å². The van der Waals surface area contributed by atoms with Crippen molar-refractivity contribution in [1.82, 2.24) is 15.5 Å². The molecule has 0 saturated carbocycles. The summed E-state index contributed by atoms with van der Waals surface area (Å²) in [5.41, 5.74) is 1.84. The summed E-state index contributed by atoms with van der Waals surface area (Å²) in [6.45, 7) is 8.09. The fourth-order valence-electron chi connectivity index (χ4n) is 4.10. The lowest BCUT2D eigenvalue weighted by Crippen LogP contribution is -2.34. The van der Waals surface area contributed by atoms with E-state index in [1.54, 1.807) is 43.9 Å². The molecule has 0 radical (unpaired) electrons. The number of likely N-dealkylation sites (tertiary alicyclic amines) is 1. The van der Waals surface area contributed by atoms with Gasteiger partial charge in [0.15, 0.2) is 0 Å². The Hall–Kier alpha value is -3.88. The second kappa shape index (κ2) is 12.4. The van der Waals surface area contributed by atoms with Gasteiger partial charge in [-0.05, 0) is 51.0 Å². The molecule has 1 aliphatic rings. The maximum absolute atomic E-state index is 12.8. The third kappa shape index (κ3) is 8.63. The van der Waals surface area contributed by atoms with Crippen molar-refractivity contribution in [1.29, 1.82) is 0 Å².